The van der Waals surface area contributed by atoms with Crippen LogP contribution in [0.15, 0.2) is 46.9 Å². The minimum atomic E-state index is -3.75. The molecule has 1 atom stereocenters. The number of nitrogens with one attached hydrogen (secondary N) is 1. The number of amides is 2. The van der Waals surface area contributed by atoms with E-state index in [4.69, 9.17) is 0 Å². The van der Waals surface area contributed by atoms with Gasteiger partial charge in [-0.15, -0.1) is 0 Å². The number of halogens is 1. The summed E-state index contributed by atoms with van der Waals surface area (Å²) in [5.41, 5.74) is 2.91. The number of carbonyl (C=O) groups excluding carboxylic acids is 2. The molecule has 2 aromatic carbocycles. The summed E-state index contributed by atoms with van der Waals surface area (Å²) in [5, 5.41) is 2.87. The Hall–Kier alpha value is -2.39. The van der Waals surface area contributed by atoms with Gasteiger partial charge in [0.1, 0.15) is 12.6 Å². The van der Waals surface area contributed by atoms with Crippen LogP contribution in [0.2, 0.25) is 0 Å². The maximum atomic E-state index is 13.6. The van der Waals surface area contributed by atoms with Crippen LogP contribution >= 0.6 is 15.9 Å². The quantitative estimate of drug-likeness (QED) is 0.483. The first kappa shape index (κ1) is 27.9. The van der Waals surface area contributed by atoms with E-state index in [9.17, 15) is 18.0 Å². The van der Waals surface area contributed by atoms with Crippen LogP contribution in [-0.4, -0.2) is 50.5 Å². The Bertz CT molecular complexity index is 1120. The fourth-order valence-electron chi connectivity index (χ4n) is 3.40. The molecule has 9 heteroatoms. The normalized spacial score (nSPS) is 12.4. The van der Waals surface area contributed by atoms with Crippen molar-refractivity contribution >= 4 is 43.5 Å². The summed E-state index contributed by atoms with van der Waals surface area (Å²) in [7, 11) is -3.75. The van der Waals surface area contributed by atoms with Gasteiger partial charge in [-0.25, -0.2) is 8.42 Å². The van der Waals surface area contributed by atoms with Crippen molar-refractivity contribution < 1.29 is 18.0 Å². The number of aryl methyl sites for hydroxylation is 2. The van der Waals surface area contributed by atoms with Crippen LogP contribution in [0.5, 0.6) is 0 Å². The van der Waals surface area contributed by atoms with Crippen molar-refractivity contribution in [2.75, 3.05) is 23.7 Å². The van der Waals surface area contributed by atoms with E-state index >= 15 is 0 Å². The first-order chi connectivity index (χ1) is 15.8. The molecule has 7 nitrogen and oxygen atoms in total. The average molecular weight is 553 g/mol. The predicted octanol–water partition coefficient (Wildman–Crippen LogP) is 4.02. The second-order valence-electron chi connectivity index (χ2n) is 9.02. The summed E-state index contributed by atoms with van der Waals surface area (Å²) >= 11 is 3.40. The zero-order valence-electron chi connectivity index (χ0n) is 20.6. The Labute approximate surface area is 211 Å². The molecular formula is C25H34BrN3O4S. The van der Waals surface area contributed by atoms with Crippen LogP contribution in [0.3, 0.4) is 0 Å². The number of benzene rings is 2. The number of hydrogen-bond donors (Lipinski definition) is 1. The Balaban J connectivity index is 2.40. The summed E-state index contributed by atoms with van der Waals surface area (Å²) < 4.78 is 27.4. The highest BCUT2D eigenvalue weighted by atomic mass is 79.9. The number of carbonyl (C=O) groups is 2. The molecule has 0 radical (unpaired) electrons. The van der Waals surface area contributed by atoms with E-state index in [0.29, 0.717) is 12.2 Å². The standard InChI is InChI=1S/C25H34BrN3O4S/c1-17(2)14-27-25(31)20(5)28(15-21-9-11-22(26)12-10-21)24(30)16-29(34(6,32)33)23-13-18(3)7-8-19(23)4/h7-13,17,20H,14-16H2,1-6H3,(H,27,31)/t20-/m1/s1. The third-order valence-electron chi connectivity index (χ3n) is 5.43. The van der Waals surface area contributed by atoms with Crippen molar-refractivity contribution in [3.05, 3.63) is 63.6 Å². The van der Waals surface area contributed by atoms with Crippen LogP contribution in [0.1, 0.15) is 37.5 Å². The molecule has 186 valence electrons. The minimum absolute atomic E-state index is 0.173. The second-order valence-corrected chi connectivity index (χ2v) is 11.8. The van der Waals surface area contributed by atoms with Crippen LogP contribution in [0.4, 0.5) is 5.69 Å². The fraction of sp³-hybridized carbons (Fsp3) is 0.440. The molecule has 0 bridgehead atoms. The smallest absolute Gasteiger partial charge is 0.244 e. The van der Waals surface area contributed by atoms with Crippen LogP contribution < -0.4 is 9.62 Å². The van der Waals surface area contributed by atoms with Gasteiger partial charge in [-0.1, -0.05) is 54.0 Å². The van der Waals surface area contributed by atoms with Crippen molar-refractivity contribution in [2.24, 2.45) is 5.92 Å². The van der Waals surface area contributed by atoms with E-state index in [2.05, 4.69) is 21.2 Å². The van der Waals surface area contributed by atoms with Crippen molar-refractivity contribution in [3.63, 3.8) is 0 Å². The molecule has 0 saturated carbocycles. The molecule has 0 aliphatic carbocycles. The van der Waals surface area contributed by atoms with Gasteiger partial charge < -0.3 is 10.2 Å². The molecule has 0 spiro atoms. The maximum Gasteiger partial charge on any atom is 0.244 e. The van der Waals surface area contributed by atoms with Gasteiger partial charge in [-0.2, -0.15) is 0 Å². The van der Waals surface area contributed by atoms with Crippen molar-refractivity contribution in [3.8, 4) is 0 Å². The molecule has 0 aliphatic heterocycles. The summed E-state index contributed by atoms with van der Waals surface area (Å²) in [6, 6.07) is 12.1. The van der Waals surface area contributed by atoms with E-state index in [-0.39, 0.29) is 18.4 Å². The van der Waals surface area contributed by atoms with E-state index in [1.165, 1.54) is 4.90 Å². The lowest BCUT2D eigenvalue weighted by molar-refractivity contribution is -0.139. The SMILES string of the molecule is Cc1ccc(C)c(N(CC(=O)N(Cc2ccc(Br)cc2)[C@H](C)C(=O)NCC(C)C)S(C)(=O)=O)c1. The van der Waals surface area contributed by atoms with Crippen molar-refractivity contribution in [1.82, 2.24) is 10.2 Å². The summed E-state index contributed by atoms with van der Waals surface area (Å²) in [6.45, 7) is 9.57. The largest absolute Gasteiger partial charge is 0.354 e. The molecule has 2 amide bonds. The van der Waals surface area contributed by atoms with Gasteiger partial charge in [0.15, 0.2) is 0 Å². The van der Waals surface area contributed by atoms with Gasteiger partial charge in [0.25, 0.3) is 0 Å². The maximum absolute atomic E-state index is 13.6. The van der Waals surface area contributed by atoms with E-state index in [1.54, 1.807) is 19.9 Å². The zero-order valence-corrected chi connectivity index (χ0v) is 23.0. The third-order valence-corrected chi connectivity index (χ3v) is 7.09. The van der Waals surface area contributed by atoms with Crippen molar-refractivity contribution in [1.29, 1.82) is 0 Å². The summed E-state index contributed by atoms with van der Waals surface area (Å²) in [5.74, 6) is -0.477. The molecule has 0 aliphatic rings. The zero-order chi connectivity index (χ0) is 25.6. The number of sulfonamides is 1. The average Bonchev–Trinajstić information content (AvgIpc) is 2.75. The molecule has 0 unspecified atom stereocenters. The number of hydrogen-bond acceptors (Lipinski definition) is 4. The first-order valence-corrected chi connectivity index (χ1v) is 13.8. The Morgan fingerprint density at radius 1 is 1.03 bits per heavy atom. The number of rotatable bonds is 10. The molecular weight excluding hydrogens is 518 g/mol. The third kappa shape index (κ3) is 7.84. The number of anilines is 1. The molecule has 1 N–H and O–H groups in total. The lowest BCUT2D eigenvalue weighted by Crippen LogP contribution is -2.51. The fourth-order valence-corrected chi connectivity index (χ4v) is 4.57. The highest BCUT2D eigenvalue weighted by Crippen LogP contribution is 2.24. The first-order valence-electron chi connectivity index (χ1n) is 11.2. The Morgan fingerprint density at radius 2 is 1.65 bits per heavy atom. The van der Waals surface area contributed by atoms with E-state index in [1.807, 2.05) is 57.2 Å². The molecule has 0 heterocycles. The van der Waals surface area contributed by atoms with Gasteiger partial charge in [0, 0.05) is 17.6 Å². The van der Waals surface area contributed by atoms with Gasteiger partial charge in [-0.3, -0.25) is 13.9 Å². The second kappa shape index (κ2) is 11.8. The molecule has 0 aromatic heterocycles. The summed E-state index contributed by atoms with van der Waals surface area (Å²) in [6.07, 6.45) is 1.08. The molecule has 2 aromatic rings. The molecule has 0 fully saturated rings. The monoisotopic (exact) mass is 551 g/mol. The molecule has 34 heavy (non-hydrogen) atoms. The van der Waals surface area contributed by atoms with Crippen LogP contribution in [-0.2, 0) is 26.2 Å². The molecule has 2 rings (SSSR count). The van der Waals surface area contributed by atoms with Gasteiger partial charge >= 0.3 is 0 Å². The van der Waals surface area contributed by atoms with Gasteiger partial charge in [-0.05, 0) is 61.6 Å². The van der Waals surface area contributed by atoms with Gasteiger partial charge in [0.2, 0.25) is 21.8 Å². The summed E-state index contributed by atoms with van der Waals surface area (Å²) in [4.78, 5) is 27.8. The Kier molecular flexibility index (Phi) is 9.70. The topological polar surface area (TPSA) is 86.8 Å². The van der Waals surface area contributed by atoms with E-state index < -0.39 is 28.5 Å². The molecule has 0 saturated heterocycles. The van der Waals surface area contributed by atoms with Gasteiger partial charge in [0.05, 0.1) is 11.9 Å². The highest BCUT2D eigenvalue weighted by molar-refractivity contribution is 9.10. The van der Waals surface area contributed by atoms with Crippen LogP contribution in [0, 0.1) is 19.8 Å². The minimum Gasteiger partial charge on any atom is -0.354 e. The highest BCUT2D eigenvalue weighted by Gasteiger charge is 2.30. The Morgan fingerprint density at radius 3 is 2.21 bits per heavy atom. The predicted molar refractivity (Wildman–Crippen MR) is 140 cm³/mol. The van der Waals surface area contributed by atoms with Crippen molar-refractivity contribution in [2.45, 2.75) is 47.2 Å². The van der Waals surface area contributed by atoms with E-state index in [0.717, 1.165) is 31.7 Å². The lowest BCUT2D eigenvalue weighted by Gasteiger charge is -2.32. The lowest BCUT2D eigenvalue weighted by atomic mass is 10.1. The number of nitrogens with zero attached hydrogens (tertiary/aromatic N) is 2. The van der Waals surface area contributed by atoms with Crippen LogP contribution in [0.25, 0.3) is 0 Å².